The summed E-state index contributed by atoms with van der Waals surface area (Å²) in [5, 5.41) is 0. The fourth-order valence-corrected chi connectivity index (χ4v) is 3.22. The summed E-state index contributed by atoms with van der Waals surface area (Å²) in [5.41, 5.74) is 8.70. The lowest BCUT2D eigenvalue weighted by molar-refractivity contribution is -0.158. The van der Waals surface area contributed by atoms with Gasteiger partial charge in [-0.1, -0.05) is 0 Å². The molecular formula is C21H29FN4O7S. The Hall–Kier alpha value is -3.06. The molecule has 2 atom stereocenters. The molecule has 34 heavy (non-hydrogen) atoms. The van der Waals surface area contributed by atoms with E-state index in [1.54, 1.807) is 41.5 Å². The van der Waals surface area contributed by atoms with Crippen molar-refractivity contribution in [1.29, 1.82) is 0 Å². The second-order valence-corrected chi connectivity index (χ2v) is 10.0. The molecule has 2 rings (SSSR count). The minimum Gasteiger partial charge on any atom is -0.459 e. The van der Waals surface area contributed by atoms with Gasteiger partial charge in [0.2, 0.25) is 0 Å². The summed E-state index contributed by atoms with van der Waals surface area (Å²) in [4.78, 5) is 49.7. The van der Waals surface area contributed by atoms with Crippen molar-refractivity contribution in [1.82, 2.24) is 10.9 Å². The third kappa shape index (κ3) is 7.48. The molecule has 0 bridgehead atoms. The minimum absolute atomic E-state index is 0.0820. The van der Waals surface area contributed by atoms with Crippen LogP contribution in [-0.4, -0.2) is 54.0 Å². The Bertz CT molecular complexity index is 961. The van der Waals surface area contributed by atoms with Gasteiger partial charge < -0.3 is 19.9 Å². The van der Waals surface area contributed by atoms with Gasteiger partial charge in [0.25, 0.3) is 5.91 Å². The molecule has 11 nitrogen and oxygen atoms in total. The quantitative estimate of drug-likeness (QED) is 0.315. The molecule has 1 aliphatic rings. The van der Waals surface area contributed by atoms with Gasteiger partial charge in [-0.2, -0.15) is 3.89 Å². The maximum absolute atomic E-state index is 13.6. The van der Waals surface area contributed by atoms with Crippen LogP contribution in [0.3, 0.4) is 0 Å². The van der Waals surface area contributed by atoms with Crippen LogP contribution >= 0.6 is 12.1 Å². The number of ether oxygens (including phenoxy) is 3. The Balaban J connectivity index is 2.10. The lowest BCUT2D eigenvalue weighted by Gasteiger charge is -2.24. The van der Waals surface area contributed by atoms with Gasteiger partial charge in [0.1, 0.15) is 23.3 Å². The number of carbonyl (C=O) groups excluding carboxylic acids is 4. The smallest absolute Gasteiger partial charge is 0.426 e. The van der Waals surface area contributed by atoms with Crippen LogP contribution in [0.4, 0.5) is 19.2 Å². The number of halogens is 1. The summed E-state index contributed by atoms with van der Waals surface area (Å²) >= 11 is -0.222. The number of rotatable bonds is 5. The molecule has 1 saturated heterocycles. The average molecular weight is 501 g/mol. The zero-order valence-corrected chi connectivity index (χ0v) is 20.6. The molecule has 0 aromatic heterocycles. The Kier molecular flexibility index (Phi) is 8.37. The number of hydrogen-bond donors (Lipinski definition) is 3. The number of hydrazine groups is 1. The highest BCUT2D eigenvalue weighted by molar-refractivity contribution is 7.94. The highest BCUT2D eigenvalue weighted by Crippen LogP contribution is 2.31. The van der Waals surface area contributed by atoms with Crippen LogP contribution in [0, 0.1) is 0 Å². The summed E-state index contributed by atoms with van der Waals surface area (Å²) in [6.07, 6.45) is -2.66. The van der Waals surface area contributed by atoms with E-state index in [1.807, 2.05) is 0 Å². The molecule has 1 aliphatic heterocycles. The Morgan fingerprint density at radius 1 is 1.15 bits per heavy atom. The van der Waals surface area contributed by atoms with E-state index in [0.29, 0.717) is 0 Å². The van der Waals surface area contributed by atoms with Gasteiger partial charge in [0, 0.05) is 5.69 Å². The maximum atomic E-state index is 13.6. The van der Waals surface area contributed by atoms with E-state index in [0.717, 1.165) is 4.90 Å². The van der Waals surface area contributed by atoms with Crippen molar-refractivity contribution < 1.29 is 37.3 Å². The minimum atomic E-state index is -1.22. The van der Waals surface area contributed by atoms with Crippen molar-refractivity contribution in [3.05, 3.63) is 23.8 Å². The van der Waals surface area contributed by atoms with Gasteiger partial charge in [-0.3, -0.25) is 19.9 Å². The van der Waals surface area contributed by atoms with Crippen molar-refractivity contribution in [3.8, 4) is 0 Å². The fourth-order valence-electron chi connectivity index (χ4n) is 2.81. The summed E-state index contributed by atoms with van der Waals surface area (Å²) in [5.74, 6) is -1.52. The van der Waals surface area contributed by atoms with Crippen molar-refractivity contribution in [2.75, 3.05) is 11.4 Å². The van der Waals surface area contributed by atoms with Gasteiger partial charge in [0.15, 0.2) is 0 Å². The first-order valence-electron chi connectivity index (χ1n) is 10.3. The molecule has 0 spiro atoms. The number of benzene rings is 1. The normalized spacial score (nSPS) is 17.0. The maximum Gasteiger partial charge on any atom is 0.426 e. The van der Waals surface area contributed by atoms with Crippen molar-refractivity contribution in [2.45, 2.75) is 69.8 Å². The topological polar surface area (TPSA) is 149 Å². The fraction of sp³-hybridized carbons (Fsp3) is 0.524. The first-order chi connectivity index (χ1) is 15.6. The molecule has 0 radical (unpaired) electrons. The molecule has 1 unspecified atom stereocenters. The molecule has 188 valence electrons. The van der Waals surface area contributed by atoms with E-state index >= 15 is 0 Å². The number of anilines is 1. The number of hydrogen-bond acceptors (Lipinski definition) is 9. The number of nitrogens with zero attached hydrogens (tertiary/aromatic N) is 1. The highest BCUT2D eigenvalue weighted by atomic mass is 32.2. The van der Waals surface area contributed by atoms with Gasteiger partial charge >= 0.3 is 18.2 Å². The second-order valence-electron chi connectivity index (χ2n) is 9.43. The van der Waals surface area contributed by atoms with E-state index in [-0.39, 0.29) is 34.8 Å². The summed E-state index contributed by atoms with van der Waals surface area (Å²) in [6, 6.07) is 2.71. The van der Waals surface area contributed by atoms with Crippen LogP contribution in [-0.2, 0) is 19.0 Å². The molecule has 0 aliphatic carbocycles. The summed E-state index contributed by atoms with van der Waals surface area (Å²) in [7, 11) is 0. The lowest BCUT2D eigenvalue weighted by atomic mass is 10.1. The molecule has 1 heterocycles. The monoisotopic (exact) mass is 500 g/mol. The molecule has 1 aromatic rings. The van der Waals surface area contributed by atoms with Crippen LogP contribution in [0.1, 0.15) is 51.9 Å². The second kappa shape index (κ2) is 10.5. The standard InChI is InChI=1S/C21H29FN4O7S/c1-20(2,3)32-17(28)15(23)13-10-26(19(30)31-13)11-7-8-12(14(9-11)34-22)16(27)24-25-18(29)33-21(4,5)6/h7-9,13,15H,10,23H2,1-6H3,(H,24,27)(H,25,29)/t13?,15-/m0/s1. The van der Waals surface area contributed by atoms with E-state index in [4.69, 9.17) is 19.9 Å². The number of amides is 3. The van der Waals surface area contributed by atoms with Gasteiger partial charge in [0.05, 0.1) is 29.2 Å². The zero-order valence-electron chi connectivity index (χ0n) is 19.8. The Labute approximate surface area is 201 Å². The zero-order chi connectivity index (χ0) is 25.8. The highest BCUT2D eigenvalue weighted by Gasteiger charge is 2.40. The van der Waals surface area contributed by atoms with Gasteiger partial charge in [-0.05, 0) is 59.7 Å². The predicted octanol–water partition coefficient (Wildman–Crippen LogP) is 2.83. The molecular weight excluding hydrogens is 471 g/mol. The molecule has 1 aromatic carbocycles. The van der Waals surface area contributed by atoms with E-state index in [1.165, 1.54) is 18.2 Å². The summed E-state index contributed by atoms with van der Waals surface area (Å²) in [6.45, 7) is 9.92. The first kappa shape index (κ1) is 27.2. The molecule has 1 fully saturated rings. The first-order valence-corrected chi connectivity index (χ1v) is 11.0. The molecule has 13 heteroatoms. The van der Waals surface area contributed by atoms with E-state index in [2.05, 4.69) is 10.9 Å². The lowest BCUT2D eigenvalue weighted by Crippen LogP contribution is -2.47. The number of esters is 1. The van der Waals surface area contributed by atoms with Crippen molar-refractivity contribution in [2.24, 2.45) is 5.73 Å². The predicted molar refractivity (Wildman–Crippen MR) is 122 cm³/mol. The largest absolute Gasteiger partial charge is 0.459 e. The van der Waals surface area contributed by atoms with Crippen molar-refractivity contribution in [3.63, 3.8) is 0 Å². The molecule has 3 amide bonds. The number of carbonyl (C=O) groups is 4. The average Bonchev–Trinajstić information content (AvgIpc) is 3.10. The Morgan fingerprint density at radius 3 is 2.32 bits per heavy atom. The Morgan fingerprint density at radius 2 is 1.76 bits per heavy atom. The van der Waals surface area contributed by atoms with Crippen LogP contribution in [0.15, 0.2) is 23.1 Å². The molecule has 4 N–H and O–H groups in total. The van der Waals surface area contributed by atoms with Crippen LogP contribution < -0.4 is 21.5 Å². The van der Waals surface area contributed by atoms with Crippen LogP contribution in [0.5, 0.6) is 0 Å². The van der Waals surface area contributed by atoms with Crippen LogP contribution in [0.2, 0.25) is 0 Å². The number of cyclic esters (lactones) is 1. The van der Waals surface area contributed by atoms with E-state index < -0.39 is 47.4 Å². The van der Waals surface area contributed by atoms with E-state index in [9.17, 15) is 23.1 Å². The number of nitrogens with two attached hydrogens (primary N) is 1. The SMILES string of the molecule is CC(C)(C)OC(=O)NNC(=O)c1ccc(N2CC([C@H](N)C(=O)OC(C)(C)C)OC2=O)cc1SF. The van der Waals surface area contributed by atoms with Gasteiger partial charge in [-0.25, -0.2) is 15.0 Å². The third-order valence-corrected chi connectivity index (χ3v) is 4.70. The van der Waals surface area contributed by atoms with Gasteiger partial charge in [-0.15, -0.1) is 0 Å². The summed E-state index contributed by atoms with van der Waals surface area (Å²) < 4.78 is 29.0. The third-order valence-electron chi connectivity index (χ3n) is 4.20. The van der Waals surface area contributed by atoms with Crippen molar-refractivity contribution >= 4 is 41.9 Å². The number of nitrogens with one attached hydrogen (secondary N) is 2. The van der Waals surface area contributed by atoms with Crippen LogP contribution in [0.25, 0.3) is 0 Å². The molecule has 0 saturated carbocycles.